The molecule has 1 aliphatic rings. The molecule has 46 valence electrons. The van der Waals surface area contributed by atoms with Crippen LogP contribution in [0.3, 0.4) is 0 Å². The zero-order chi connectivity index (χ0) is 5.82. The first-order valence-electron chi connectivity index (χ1n) is 3.28. The highest BCUT2D eigenvalue weighted by molar-refractivity contribution is 4.80. The van der Waals surface area contributed by atoms with Gasteiger partial charge in [-0.05, 0) is 31.9 Å². The highest BCUT2D eigenvalue weighted by Gasteiger charge is 2.19. The van der Waals surface area contributed by atoms with E-state index in [1.807, 2.05) is 19.2 Å². The van der Waals surface area contributed by atoms with Gasteiger partial charge in [-0.25, -0.2) is 0 Å². The van der Waals surface area contributed by atoms with Gasteiger partial charge in [0.25, 0.3) is 0 Å². The van der Waals surface area contributed by atoms with Crippen LogP contribution >= 0.6 is 0 Å². The standard InChI is InChI=1S/C7H13N/c1-2-5-8-6-7-3-4-7/h2,5,7-8H,3-4,6H2,1H3/b5-2+. The van der Waals surface area contributed by atoms with E-state index in [0.29, 0.717) is 0 Å². The van der Waals surface area contributed by atoms with Crippen LogP contribution in [0.4, 0.5) is 0 Å². The minimum atomic E-state index is 0.992. The summed E-state index contributed by atoms with van der Waals surface area (Å²) in [6, 6.07) is 0. The summed E-state index contributed by atoms with van der Waals surface area (Å²) in [6.07, 6.45) is 6.91. The predicted molar refractivity (Wildman–Crippen MR) is 35.5 cm³/mol. The van der Waals surface area contributed by atoms with E-state index in [1.165, 1.54) is 19.4 Å². The molecule has 0 aromatic carbocycles. The van der Waals surface area contributed by atoms with E-state index in [9.17, 15) is 0 Å². The van der Waals surface area contributed by atoms with Crippen molar-refractivity contribution in [2.45, 2.75) is 19.8 Å². The Balaban J connectivity index is 1.88. The molecule has 1 N–H and O–H groups in total. The Labute approximate surface area is 50.8 Å². The van der Waals surface area contributed by atoms with Crippen molar-refractivity contribution in [1.82, 2.24) is 5.32 Å². The second-order valence-electron chi connectivity index (χ2n) is 2.35. The largest absolute Gasteiger partial charge is 0.391 e. The molecule has 0 aliphatic heterocycles. The fraction of sp³-hybridized carbons (Fsp3) is 0.714. The van der Waals surface area contributed by atoms with Gasteiger partial charge in [-0.2, -0.15) is 0 Å². The normalized spacial score (nSPS) is 19.6. The molecule has 1 rings (SSSR count). The summed E-state index contributed by atoms with van der Waals surface area (Å²) < 4.78 is 0. The van der Waals surface area contributed by atoms with E-state index in [2.05, 4.69) is 5.32 Å². The lowest BCUT2D eigenvalue weighted by Gasteiger charge is -1.93. The number of hydrogen-bond acceptors (Lipinski definition) is 1. The topological polar surface area (TPSA) is 12.0 Å². The van der Waals surface area contributed by atoms with Gasteiger partial charge in [0, 0.05) is 6.54 Å². The number of hydrogen-bond donors (Lipinski definition) is 1. The molecule has 0 amide bonds. The fourth-order valence-electron chi connectivity index (χ4n) is 0.675. The van der Waals surface area contributed by atoms with Crippen molar-refractivity contribution in [3.8, 4) is 0 Å². The zero-order valence-corrected chi connectivity index (χ0v) is 5.35. The van der Waals surface area contributed by atoms with Gasteiger partial charge in [0.1, 0.15) is 0 Å². The molecule has 0 aromatic heterocycles. The Morgan fingerprint density at radius 2 is 2.38 bits per heavy atom. The van der Waals surface area contributed by atoms with Crippen molar-refractivity contribution < 1.29 is 0 Å². The van der Waals surface area contributed by atoms with Crippen LogP contribution in [0.15, 0.2) is 12.3 Å². The minimum Gasteiger partial charge on any atom is -0.391 e. The van der Waals surface area contributed by atoms with Gasteiger partial charge in [0.2, 0.25) is 0 Å². The first-order valence-corrected chi connectivity index (χ1v) is 3.28. The second-order valence-corrected chi connectivity index (χ2v) is 2.35. The van der Waals surface area contributed by atoms with Crippen molar-refractivity contribution >= 4 is 0 Å². The SMILES string of the molecule is C/C=C/NCC1CC1. The van der Waals surface area contributed by atoms with Gasteiger partial charge in [-0.3, -0.25) is 0 Å². The number of rotatable bonds is 3. The Hall–Kier alpha value is -0.460. The van der Waals surface area contributed by atoms with Crippen LogP contribution in [0.1, 0.15) is 19.8 Å². The van der Waals surface area contributed by atoms with Crippen LogP contribution < -0.4 is 5.32 Å². The first-order chi connectivity index (χ1) is 3.93. The van der Waals surface area contributed by atoms with E-state index in [4.69, 9.17) is 0 Å². The van der Waals surface area contributed by atoms with E-state index < -0.39 is 0 Å². The third-order valence-corrected chi connectivity index (χ3v) is 1.39. The van der Waals surface area contributed by atoms with Crippen LogP contribution in [-0.2, 0) is 0 Å². The monoisotopic (exact) mass is 111 g/mol. The predicted octanol–water partition coefficient (Wildman–Crippen LogP) is 1.52. The van der Waals surface area contributed by atoms with Crippen LogP contribution in [0.2, 0.25) is 0 Å². The summed E-state index contributed by atoms with van der Waals surface area (Å²) in [7, 11) is 0. The van der Waals surface area contributed by atoms with Crippen molar-refractivity contribution in [3.63, 3.8) is 0 Å². The molecule has 0 radical (unpaired) electrons. The van der Waals surface area contributed by atoms with Crippen molar-refractivity contribution in [2.75, 3.05) is 6.54 Å². The zero-order valence-electron chi connectivity index (χ0n) is 5.35. The maximum Gasteiger partial charge on any atom is 0.0169 e. The lowest BCUT2D eigenvalue weighted by atomic mass is 10.4. The molecular formula is C7H13N. The average Bonchev–Trinajstić information content (AvgIpc) is 2.51. The summed E-state index contributed by atoms with van der Waals surface area (Å²) in [6.45, 7) is 3.21. The van der Waals surface area contributed by atoms with E-state index >= 15 is 0 Å². The van der Waals surface area contributed by atoms with Crippen LogP contribution in [0.5, 0.6) is 0 Å². The molecule has 0 aromatic rings. The quantitative estimate of drug-likeness (QED) is 0.582. The highest BCUT2D eigenvalue weighted by Crippen LogP contribution is 2.27. The summed E-state index contributed by atoms with van der Waals surface area (Å²) in [4.78, 5) is 0. The van der Waals surface area contributed by atoms with Crippen molar-refractivity contribution in [2.24, 2.45) is 5.92 Å². The van der Waals surface area contributed by atoms with Crippen LogP contribution in [-0.4, -0.2) is 6.54 Å². The summed E-state index contributed by atoms with van der Waals surface area (Å²) in [5.74, 6) is 0.992. The first kappa shape index (κ1) is 5.67. The van der Waals surface area contributed by atoms with Gasteiger partial charge in [-0.15, -0.1) is 0 Å². The van der Waals surface area contributed by atoms with E-state index in [1.54, 1.807) is 0 Å². The van der Waals surface area contributed by atoms with Gasteiger partial charge in [0.05, 0.1) is 0 Å². The maximum absolute atomic E-state index is 3.22. The fourth-order valence-corrected chi connectivity index (χ4v) is 0.675. The smallest absolute Gasteiger partial charge is 0.0169 e. The van der Waals surface area contributed by atoms with Gasteiger partial charge < -0.3 is 5.32 Å². The Morgan fingerprint density at radius 3 is 2.88 bits per heavy atom. The summed E-state index contributed by atoms with van der Waals surface area (Å²) in [5, 5.41) is 3.22. The molecule has 0 heterocycles. The van der Waals surface area contributed by atoms with Crippen molar-refractivity contribution in [1.29, 1.82) is 0 Å². The second kappa shape index (κ2) is 2.75. The summed E-state index contributed by atoms with van der Waals surface area (Å²) >= 11 is 0. The molecule has 1 aliphatic carbocycles. The van der Waals surface area contributed by atoms with Crippen molar-refractivity contribution in [3.05, 3.63) is 12.3 Å². The van der Waals surface area contributed by atoms with Crippen LogP contribution in [0, 0.1) is 5.92 Å². The van der Waals surface area contributed by atoms with Crippen LogP contribution in [0.25, 0.3) is 0 Å². The third kappa shape index (κ3) is 2.01. The van der Waals surface area contributed by atoms with E-state index in [-0.39, 0.29) is 0 Å². The molecule has 0 atom stereocenters. The number of allylic oxidation sites excluding steroid dienone is 1. The lowest BCUT2D eigenvalue weighted by Crippen LogP contribution is -2.07. The lowest BCUT2D eigenvalue weighted by molar-refractivity contribution is 0.747. The molecule has 8 heavy (non-hydrogen) atoms. The molecule has 1 nitrogen and oxygen atoms in total. The molecule has 1 fully saturated rings. The van der Waals surface area contributed by atoms with Gasteiger partial charge in [-0.1, -0.05) is 6.08 Å². The highest BCUT2D eigenvalue weighted by atomic mass is 14.8. The van der Waals surface area contributed by atoms with Gasteiger partial charge >= 0.3 is 0 Å². The van der Waals surface area contributed by atoms with E-state index in [0.717, 1.165) is 5.92 Å². The molecule has 1 saturated carbocycles. The molecule has 0 spiro atoms. The molecule has 0 saturated heterocycles. The average molecular weight is 111 g/mol. The maximum atomic E-state index is 3.22. The Bertz CT molecular complexity index is 82.4. The minimum absolute atomic E-state index is 0.992. The number of nitrogens with one attached hydrogen (secondary N) is 1. The third-order valence-electron chi connectivity index (χ3n) is 1.39. The molecule has 1 heteroatoms. The summed E-state index contributed by atoms with van der Waals surface area (Å²) in [5.41, 5.74) is 0. The molecular weight excluding hydrogens is 98.1 g/mol. The molecule has 0 unspecified atom stereocenters. The molecule has 0 bridgehead atoms. The Morgan fingerprint density at radius 1 is 1.62 bits per heavy atom. The van der Waals surface area contributed by atoms with Gasteiger partial charge in [0.15, 0.2) is 0 Å². The Kier molecular flexibility index (Phi) is 1.95.